The van der Waals surface area contributed by atoms with Gasteiger partial charge in [0.2, 0.25) is 0 Å². The van der Waals surface area contributed by atoms with E-state index in [1.807, 2.05) is 24.3 Å². The second kappa shape index (κ2) is 5.38. The summed E-state index contributed by atoms with van der Waals surface area (Å²) in [5.41, 5.74) is 2.32. The molecule has 0 aliphatic carbocycles. The summed E-state index contributed by atoms with van der Waals surface area (Å²) in [6.07, 6.45) is 5.21. The summed E-state index contributed by atoms with van der Waals surface area (Å²) in [4.78, 5) is 0. The maximum atomic E-state index is 12.5. The summed E-state index contributed by atoms with van der Waals surface area (Å²) in [5, 5.41) is 1.70. The van der Waals surface area contributed by atoms with E-state index < -0.39 is 9.84 Å². The highest BCUT2D eigenvalue weighted by Gasteiger charge is 2.40. The fraction of sp³-hybridized carbons (Fsp3) is 0.368. The Morgan fingerprint density at radius 3 is 2.57 bits per heavy atom. The number of hydrogen-bond donors (Lipinski definition) is 0. The van der Waals surface area contributed by atoms with Crippen molar-refractivity contribution in [3.8, 4) is 5.75 Å². The van der Waals surface area contributed by atoms with Crippen molar-refractivity contribution in [2.45, 2.75) is 36.2 Å². The molecule has 4 heteroatoms. The number of benzene rings is 2. The minimum atomic E-state index is -2.97. The monoisotopic (exact) mass is 328 g/mol. The van der Waals surface area contributed by atoms with Crippen LogP contribution in [0.15, 0.2) is 42.5 Å². The van der Waals surface area contributed by atoms with Crippen molar-refractivity contribution < 1.29 is 13.2 Å². The normalized spacial score (nSPS) is 25.9. The zero-order valence-corrected chi connectivity index (χ0v) is 14.0. The Morgan fingerprint density at radius 2 is 1.83 bits per heavy atom. The van der Waals surface area contributed by atoms with Gasteiger partial charge >= 0.3 is 0 Å². The SMILES string of the molecule is COc1ccc(C2=CC3CCCC(C2)S3(=O)=O)c2ccccc12. The van der Waals surface area contributed by atoms with E-state index in [-0.39, 0.29) is 10.5 Å². The molecule has 23 heavy (non-hydrogen) atoms. The standard InChI is InChI=1S/C19H20O3S/c1-22-19-10-9-16(17-7-2-3-8-18(17)19)13-11-14-5-4-6-15(12-13)23(14,20)21/h2-3,7-11,14-15H,4-6,12H2,1H3. The zero-order valence-electron chi connectivity index (χ0n) is 13.2. The first-order valence-electron chi connectivity index (χ1n) is 8.11. The predicted molar refractivity (Wildman–Crippen MR) is 93.4 cm³/mol. The van der Waals surface area contributed by atoms with Crippen LogP contribution in [0.5, 0.6) is 5.75 Å². The molecule has 0 radical (unpaired) electrons. The van der Waals surface area contributed by atoms with Crippen LogP contribution >= 0.6 is 0 Å². The van der Waals surface area contributed by atoms with Crippen molar-refractivity contribution in [1.29, 1.82) is 0 Å². The lowest BCUT2D eigenvalue weighted by Gasteiger charge is -2.33. The lowest BCUT2D eigenvalue weighted by Crippen LogP contribution is -2.38. The minimum Gasteiger partial charge on any atom is -0.496 e. The van der Waals surface area contributed by atoms with E-state index in [2.05, 4.69) is 18.2 Å². The third kappa shape index (κ3) is 2.27. The molecular weight excluding hydrogens is 308 g/mol. The van der Waals surface area contributed by atoms with Crippen molar-refractivity contribution in [3.05, 3.63) is 48.0 Å². The van der Waals surface area contributed by atoms with Crippen LogP contribution in [-0.2, 0) is 9.84 Å². The van der Waals surface area contributed by atoms with E-state index in [9.17, 15) is 8.42 Å². The van der Waals surface area contributed by atoms with Gasteiger partial charge in [0.25, 0.3) is 0 Å². The molecule has 120 valence electrons. The van der Waals surface area contributed by atoms with E-state index in [1.165, 1.54) is 5.57 Å². The van der Waals surface area contributed by atoms with Crippen LogP contribution in [0.4, 0.5) is 0 Å². The molecule has 1 fully saturated rings. The number of ether oxygens (including phenoxy) is 1. The summed E-state index contributed by atoms with van der Waals surface area (Å²) in [5.74, 6) is 0.855. The number of fused-ring (bicyclic) bond motifs is 3. The van der Waals surface area contributed by atoms with Gasteiger partial charge in [0.05, 0.1) is 17.6 Å². The van der Waals surface area contributed by atoms with Gasteiger partial charge in [-0.1, -0.05) is 42.8 Å². The molecule has 2 heterocycles. The van der Waals surface area contributed by atoms with Crippen molar-refractivity contribution in [1.82, 2.24) is 0 Å². The van der Waals surface area contributed by atoms with Gasteiger partial charge in [0.1, 0.15) is 5.75 Å². The molecular formula is C19H20O3S. The van der Waals surface area contributed by atoms with E-state index in [0.717, 1.165) is 41.3 Å². The molecule has 0 N–H and O–H groups in total. The summed E-state index contributed by atoms with van der Waals surface area (Å²) in [6, 6.07) is 12.2. The first-order chi connectivity index (χ1) is 11.1. The summed E-state index contributed by atoms with van der Waals surface area (Å²) >= 11 is 0. The number of hydrogen-bond acceptors (Lipinski definition) is 3. The molecule has 2 aromatic rings. The molecule has 2 atom stereocenters. The van der Waals surface area contributed by atoms with Crippen LogP contribution in [0, 0.1) is 0 Å². The molecule has 1 saturated heterocycles. The average molecular weight is 328 g/mol. The highest BCUT2D eigenvalue weighted by Crippen LogP contribution is 2.41. The van der Waals surface area contributed by atoms with Crippen LogP contribution in [0.25, 0.3) is 16.3 Å². The summed E-state index contributed by atoms with van der Waals surface area (Å²) < 4.78 is 30.4. The molecule has 2 bridgehead atoms. The lowest BCUT2D eigenvalue weighted by molar-refractivity contribution is 0.420. The lowest BCUT2D eigenvalue weighted by atomic mass is 9.90. The maximum Gasteiger partial charge on any atom is 0.159 e. The van der Waals surface area contributed by atoms with Crippen molar-refractivity contribution >= 4 is 26.2 Å². The quantitative estimate of drug-likeness (QED) is 0.838. The van der Waals surface area contributed by atoms with Gasteiger partial charge in [-0.25, -0.2) is 8.42 Å². The molecule has 2 aliphatic heterocycles. The predicted octanol–water partition coefficient (Wildman–Crippen LogP) is 3.97. The van der Waals surface area contributed by atoms with Crippen LogP contribution in [0.1, 0.15) is 31.2 Å². The molecule has 2 unspecified atom stereocenters. The second-order valence-electron chi connectivity index (χ2n) is 6.44. The highest BCUT2D eigenvalue weighted by molar-refractivity contribution is 7.93. The zero-order chi connectivity index (χ0) is 16.0. The van der Waals surface area contributed by atoms with Crippen LogP contribution in [-0.4, -0.2) is 26.0 Å². The first-order valence-corrected chi connectivity index (χ1v) is 9.71. The highest BCUT2D eigenvalue weighted by atomic mass is 32.2. The minimum absolute atomic E-state index is 0.206. The van der Waals surface area contributed by atoms with E-state index in [0.29, 0.717) is 6.42 Å². The Kier molecular flexibility index (Phi) is 3.45. The van der Waals surface area contributed by atoms with Gasteiger partial charge in [0, 0.05) is 5.39 Å². The van der Waals surface area contributed by atoms with Crippen molar-refractivity contribution in [3.63, 3.8) is 0 Å². The third-order valence-electron chi connectivity index (χ3n) is 5.19. The Morgan fingerprint density at radius 1 is 1.04 bits per heavy atom. The fourth-order valence-corrected chi connectivity index (χ4v) is 6.24. The van der Waals surface area contributed by atoms with Gasteiger partial charge in [0.15, 0.2) is 9.84 Å². The van der Waals surface area contributed by atoms with E-state index in [1.54, 1.807) is 7.11 Å². The number of allylic oxidation sites excluding steroid dienone is 1. The Bertz CT molecular complexity index is 896. The Hall–Kier alpha value is -1.81. The second-order valence-corrected chi connectivity index (χ2v) is 8.89. The van der Waals surface area contributed by atoms with Gasteiger partial charge in [-0.3, -0.25) is 0 Å². The van der Waals surface area contributed by atoms with Crippen LogP contribution in [0.2, 0.25) is 0 Å². The average Bonchev–Trinajstić information content (AvgIpc) is 2.53. The molecule has 0 amide bonds. The molecule has 0 spiro atoms. The molecule has 0 saturated carbocycles. The maximum absolute atomic E-state index is 12.5. The van der Waals surface area contributed by atoms with Crippen LogP contribution < -0.4 is 4.74 Å². The number of sulfone groups is 1. The van der Waals surface area contributed by atoms with Crippen molar-refractivity contribution in [2.24, 2.45) is 0 Å². The van der Waals surface area contributed by atoms with E-state index in [4.69, 9.17) is 4.74 Å². The van der Waals surface area contributed by atoms with Crippen LogP contribution in [0.3, 0.4) is 0 Å². The third-order valence-corrected chi connectivity index (χ3v) is 7.73. The molecule has 0 aromatic heterocycles. The van der Waals surface area contributed by atoms with Gasteiger partial charge in [-0.05, 0) is 41.9 Å². The van der Waals surface area contributed by atoms with Crippen molar-refractivity contribution in [2.75, 3.05) is 7.11 Å². The van der Waals surface area contributed by atoms with Gasteiger partial charge < -0.3 is 4.74 Å². The summed E-state index contributed by atoms with van der Waals surface area (Å²) in [6.45, 7) is 0. The van der Waals surface area contributed by atoms with Gasteiger partial charge in [-0.2, -0.15) is 0 Å². The number of methoxy groups -OCH3 is 1. The molecule has 3 nitrogen and oxygen atoms in total. The topological polar surface area (TPSA) is 43.4 Å². The molecule has 2 aliphatic rings. The fourth-order valence-electron chi connectivity index (χ4n) is 3.99. The smallest absolute Gasteiger partial charge is 0.159 e. The number of rotatable bonds is 2. The molecule has 4 rings (SSSR count). The molecule has 2 aromatic carbocycles. The van der Waals surface area contributed by atoms with Gasteiger partial charge in [-0.15, -0.1) is 0 Å². The Labute approximate surface area is 136 Å². The van der Waals surface area contributed by atoms with E-state index >= 15 is 0 Å². The largest absolute Gasteiger partial charge is 0.496 e. The summed E-state index contributed by atoms with van der Waals surface area (Å²) in [7, 11) is -1.29. The Balaban J connectivity index is 1.89. The first kappa shape index (κ1) is 14.8.